The Morgan fingerprint density at radius 3 is 2.79 bits per heavy atom. The van der Waals surface area contributed by atoms with Gasteiger partial charge in [-0.25, -0.2) is 0 Å². The summed E-state index contributed by atoms with van der Waals surface area (Å²) >= 11 is 0. The van der Waals surface area contributed by atoms with Gasteiger partial charge in [-0.3, -0.25) is 0 Å². The summed E-state index contributed by atoms with van der Waals surface area (Å²) in [4.78, 5) is 6.81. The Kier molecular flexibility index (Phi) is 2.23. The molecule has 0 aliphatic rings. The molecule has 1 radical (unpaired) electrons. The van der Waals surface area contributed by atoms with E-state index < -0.39 is 0 Å². The zero-order chi connectivity index (χ0) is 9.97. The van der Waals surface area contributed by atoms with Crippen LogP contribution in [0.3, 0.4) is 0 Å². The zero-order valence-electron chi connectivity index (χ0n) is 8.19. The number of hydrogen-bond acceptors (Lipinski definition) is 2. The second-order valence-electron chi connectivity index (χ2n) is 3.18. The lowest BCUT2D eigenvalue weighted by molar-refractivity contribution is 0.178. The predicted octanol–water partition coefficient (Wildman–Crippen LogP) is 2.14. The first-order chi connectivity index (χ1) is 6.75. The second kappa shape index (κ2) is 3.54. The van der Waals surface area contributed by atoms with Gasteiger partial charge in [0, 0.05) is 0 Å². The Hall–Kier alpha value is -1.77. The Morgan fingerprint density at radius 2 is 2.14 bits per heavy atom. The predicted molar refractivity (Wildman–Crippen MR) is 53.0 cm³/mol. The molecule has 2 rings (SSSR count). The normalized spacial score (nSPS) is 10.1. The Bertz CT molecular complexity index is 421. The first-order valence-corrected chi connectivity index (χ1v) is 4.43. The summed E-state index contributed by atoms with van der Waals surface area (Å²) in [5.41, 5.74) is 2.46. The Labute approximate surface area is 82.9 Å². The number of nitrogens with zero attached hydrogens (tertiary/aromatic N) is 2. The first-order valence-electron chi connectivity index (χ1n) is 4.43. The summed E-state index contributed by atoms with van der Waals surface area (Å²) in [6.45, 7) is 4.12. The van der Waals surface area contributed by atoms with Gasteiger partial charge < -0.3 is 4.84 Å². The van der Waals surface area contributed by atoms with E-state index in [4.69, 9.17) is 4.84 Å². The van der Waals surface area contributed by atoms with E-state index in [0.29, 0.717) is 0 Å². The fourth-order valence-electron chi connectivity index (χ4n) is 1.15. The standard InChI is InChI=1S/C11H11N2O/c1-9-4-5-11(8-10(9)2)14-13-7-3-6-12-13/h3-5,7-8H,1-2H3. The monoisotopic (exact) mass is 187 g/mol. The molecule has 1 aromatic heterocycles. The lowest BCUT2D eigenvalue weighted by Gasteiger charge is -2.06. The van der Waals surface area contributed by atoms with Gasteiger partial charge in [0.25, 0.3) is 0 Å². The van der Waals surface area contributed by atoms with Crippen molar-refractivity contribution in [3.05, 3.63) is 47.8 Å². The van der Waals surface area contributed by atoms with Gasteiger partial charge in [0.15, 0.2) is 5.75 Å². The van der Waals surface area contributed by atoms with E-state index >= 15 is 0 Å². The van der Waals surface area contributed by atoms with Gasteiger partial charge in [0.05, 0.1) is 6.20 Å². The summed E-state index contributed by atoms with van der Waals surface area (Å²) < 4.78 is 0. The molecule has 2 aromatic rings. The molecule has 1 heterocycles. The fourth-order valence-corrected chi connectivity index (χ4v) is 1.15. The van der Waals surface area contributed by atoms with Crippen molar-refractivity contribution in [3.8, 4) is 5.75 Å². The third-order valence-corrected chi connectivity index (χ3v) is 2.11. The van der Waals surface area contributed by atoms with E-state index in [1.807, 2.05) is 18.2 Å². The molecule has 71 valence electrons. The molecule has 0 amide bonds. The summed E-state index contributed by atoms with van der Waals surface area (Å²) in [5, 5.41) is 3.83. The molecule has 0 N–H and O–H groups in total. The number of benzene rings is 1. The smallest absolute Gasteiger partial charge is 0.158 e. The van der Waals surface area contributed by atoms with Crippen LogP contribution < -0.4 is 4.84 Å². The fraction of sp³-hybridized carbons (Fsp3) is 0.182. The van der Waals surface area contributed by atoms with Crippen molar-refractivity contribution in [1.82, 2.24) is 9.94 Å². The quantitative estimate of drug-likeness (QED) is 0.720. The van der Waals surface area contributed by atoms with Crippen LogP contribution in [0.2, 0.25) is 0 Å². The molecule has 3 heteroatoms. The van der Waals surface area contributed by atoms with Crippen LogP contribution in [0.4, 0.5) is 0 Å². The summed E-state index contributed by atoms with van der Waals surface area (Å²) in [6.07, 6.45) is 4.37. The van der Waals surface area contributed by atoms with Crippen molar-refractivity contribution in [3.63, 3.8) is 0 Å². The highest BCUT2D eigenvalue weighted by atomic mass is 16.7. The van der Waals surface area contributed by atoms with E-state index in [9.17, 15) is 0 Å². The lowest BCUT2D eigenvalue weighted by atomic mass is 10.1. The van der Waals surface area contributed by atoms with Crippen LogP contribution in [0, 0.1) is 20.0 Å². The van der Waals surface area contributed by atoms with Crippen molar-refractivity contribution >= 4 is 0 Å². The van der Waals surface area contributed by atoms with Gasteiger partial charge in [-0.15, -0.1) is 5.10 Å². The number of aromatic nitrogens is 2. The summed E-state index contributed by atoms with van der Waals surface area (Å²) in [5.74, 6) is 0.783. The maximum Gasteiger partial charge on any atom is 0.158 e. The molecular weight excluding hydrogens is 176 g/mol. The molecular formula is C11H11N2O. The average molecular weight is 187 g/mol. The maximum atomic E-state index is 5.43. The number of hydrogen-bond donors (Lipinski definition) is 0. The van der Waals surface area contributed by atoms with Gasteiger partial charge in [0.2, 0.25) is 0 Å². The minimum Gasteiger partial charge on any atom is -0.358 e. The summed E-state index contributed by atoms with van der Waals surface area (Å²) in [6, 6.07) is 7.62. The van der Waals surface area contributed by atoms with Crippen molar-refractivity contribution in [1.29, 1.82) is 0 Å². The highest BCUT2D eigenvalue weighted by Crippen LogP contribution is 2.16. The number of aryl methyl sites for hydroxylation is 2. The van der Waals surface area contributed by atoms with Gasteiger partial charge in [0.1, 0.15) is 6.20 Å². The minimum atomic E-state index is 0.783. The highest BCUT2D eigenvalue weighted by Gasteiger charge is 1.98. The van der Waals surface area contributed by atoms with Crippen LogP contribution in [0.1, 0.15) is 11.1 Å². The molecule has 0 unspecified atom stereocenters. The first kappa shape index (κ1) is 8.81. The van der Waals surface area contributed by atoms with Gasteiger partial charge >= 0.3 is 0 Å². The molecule has 0 bridgehead atoms. The molecule has 0 fully saturated rings. The largest absolute Gasteiger partial charge is 0.358 e. The van der Waals surface area contributed by atoms with Gasteiger partial charge in [-0.1, -0.05) is 10.9 Å². The molecule has 0 aliphatic carbocycles. The molecule has 0 saturated carbocycles. The average Bonchev–Trinajstić information content (AvgIpc) is 2.64. The van der Waals surface area contributed by atoms with E-state index in [1.165, 1.54) is 16.0 Å². The summed E-state index contributed by atoms with van der Waals surface area (Å²) in [7, 11) is 0. The van der Waals surface area contributed by atoms with Crippen LogP contribution in [0.15, 0.2) is 30.5 Å². The minimum absolute atomic E-state index is 0.783. The van der Waals surface area contributed by atoms with E-state index in [2.05, 4.69) is 25.1 Å². The third-order valence-electron chi connectivity index (χ3n) is 2.11. The topological polar surface area (TPSA) is 27.1 Å². The van der Waals surface area contributed by atoms with Crippen molar-refractivity contribution in [2.24, 2.45) is 0 Å². The molecule has 14 heavy (non-hydrogen) atoms. The van der Waals surface area contributed by atoms with E-state index in [-0.39, 0.29) is 0 Å². The maximum absolute atomic E-state index is 5.43. The van der Waals surface area contributed by atoms with Gasteiger partial charge in [-0.2, -0.15) is 0 Å². The Morgan fingerprint density at radius 1 is 1.29 bits per heavy atom. The highest BCUT2D eigenvalue weighted by molar-refractivity contribution is 5.33. The van der Waals surface area contributed by atoms with Crippen LogP contribution in [0.25, 0.3) is 0 Å². The molecule has 0 aliphatic heterocycles. The van der Waals surface area contributed by atoms with Crippen LogP contribution in [-0.4, -0.2) is 9.94 Å². The third kappa shape index (κ3) is 1.76. The second-order valence-corrected chi connectivity index (χ2v) is 3.18. The Balaban J connectivity index is 2.22. The molecule has 0 saturated heterocycles. The molecule has 0 atom stereocenters. The van der Waals surface area contributed by atoms with Crippen LogP contribution >= 0.6 is 0 Å². The molecule has 0 spiro atoms. The molecule has 1 aromatic carbocycles. The van der Waals surface area contributed by atoms with Crippen LogP contribution in [-0.2, 0) is 0 Å². The zero-order valence-corrected chi connectivity index (χ0v) is 8.19. The van der Waals surface area contributed by atoms with E-state index in [1.54, 1.807) is 12.3 Å². The number of rotatable bonds is 2. The van der Waals surface area contributed by atoms with Crippen molar-refractivity contribution in [2.45, 2.75) is 13.8 Å². The van der Waals surface area contributed by atoms with Crippen molar-refractivity contribution < 1.29 is 4.84 Å². The van der Waals surface area contributed by atoms with Crippen molar-refractivity contribution in [2.75, 3.05) is 0 Å². The molecule has 3 nitrogen and oxygen atoms in total. The van der Waals surface area contributed by atoms with E-state index in [0.717, 1.165) is 5.75 Å². The van der Waals surface area contributed by atoms with Crippen LogP contribution in [0.5, 0.6) is 5.75 Å². The van der Waals surface area contributed by atoms with Gasteiger partial charge in [-0.05, 0) is 43.2 Å². The lowest BCUT2D eigenvalue weighted by Crippen LogP contribution is -2.05. The SMILES string of the molecule is Cc1ccc(On2cc[c]n2)cc1C.